The maximum absolute atomic E-state index is 4.51. The summed E-state index contributed by atoms with van der Waals surface area (Å²) in [5.41, 5.74) is 2.07. The van der Waals surface area contributed by atoms with Crippen molar-refractivity contribution in [3.8, 4) is 0 Å². The maximum atomic E-state index is 4.51. The minimum absolute atomic E-state index is 0. The number of rotatable bonds is 4. The van der Waals surface area contributed by atoms with E-state index in [1.807, 2.05) is 32.2 Å². The van der Waals surface area contributed by atoms with Gasteiger partial charge in [0.25, 0.3) is 0 Å². The van der Waals surface area contributed by atoms with Crippen LogP contribution in [0.15, 0.2) is 23.2 Å². The molecule has 1 aliphatic heterocycles. The first-order valence-electron chi connectivity index (χ1n) is 8.13. The van der Waals surface area contributed by atoms with Crippen LogP contribution < -0.4 is 10.6 Å². The highest BCUT2D eigenvalue weighted by Crippen LogP contribution is 2.18. The lowest BCUT2D eigenvalue weighted by molar-refractivity contribution is 0.265. The van der Waals surface area contributed by atoms with Crippen molar-refractivity contribution < 1.29 is 0 Å². The van der Waals surface area contributed by atoms with Crippen LogP contribution in [-0.2, 0) is 6.54 Å². The van der Waals surface area contributed by atoms with Gasteiger partial charge >= 0.3 is 0 Å². The summed E-state index contributed by atoms with van der Waals surface area (Å²) in [6.07, 6.45) is 0. The molecule has 2 unspecified atom stereocenters. The number of nitrogens with one attached hydrogen (secondary N) is 2. The van der Waals surface area contributed by atoms with Gasteiger partial charge in [0.1, 0.15) is 0 Å². The number of guanidine groups is 1. The predicted molar refractivity (Wildman–Crippen MR) is 107 cm³/mol. The minimum Gasteiger partial charge on any atom is -0.352 e. The largest absolute Gasteiger partial charge is 0.352 e. The molecule has 130 valence electrons. The predicted octanol–water partition coefficient (Wildman–Crippen LogP) is 2.40. The van der Waals surface area contributed by atoms with Gasteiger partial charge in [0.2, 0.25) is 0 Å². The van der Waals surface area contributed by atoms with Crippen molar-refractivity contribution in [2.24, 2.45) is 10.9 Å². The zero-order valence-corrected chi connectivity index (χ0v) is 17.2. The van der Waals surface area contributed by atoms with E-state index in [1.54, 1.807) is 0 Å². The van der Waals surface area contributed by atoms with E-state index in [0.29, 0.717) is 24.5 Å². The molecule has 2 heterocycles. The van der Waals surface area contributed by atoms with Gasteiger partial charge in [-0.15, -0.1) is 24.0 Å². The van der Waals surface area contributed by atoms with E-state index in [2.05, 4.69) is 46.3 Å². The van der Waals surface area contributed by atoms with Crippen molar-refractivity contribution in [1.29, 1.82) is 0 Å². The van der Waals surface area contributed by atoms with E-state index in [4.69, 9.17) is 0 Å². The quantitative estimate of drug-likeness (QED) is 0.437. The van der Waals surface area contributed by atoms with Crippen molar-refractivity contribution in [2.75, 3.05) is 20.1 Å². The summed E-state index contributed by atoms with van der Waals surface area (Å²) in [6.45, 7) is 11.7. The Hall–Kier alpha value is -0.890. The first kappa shape index (κ1) is 20.2. The lowest BCUT2D eigenvalue weighted by Gasteiger charge is -2.21. The van der Waals surface area contributed by atoms with E-state index >= 15 is 0 Å². The molecular weight excluding hydrogens is 401 g/mol. The first-order valence-corrected chi connectivity index (χ1v) is 8.13. The lowest BCUT2D eigenvalue weighted by atomic mass is 10.1. The molecule has 0 radical (unpaired) electrons. The highest BCUT2D eigenvalue weighted by molar-refractivity contribution is 14.0. The summed E-state index contributed by atoms with van der Waals surface area (Å²) in [7, 11) is 1.82. The summed E-state index contributed by atoms with van der Waals surface area (Å²) in [5, 5.41) is 6.92. The standard InChI is InChI=1S/C17H29N5.HI/c1-12(2)22-10-13(3)16(11-22)21-17(18-5)19-9-15-8-6-7-14(4)20-15;/h6-8,12-13,16H,9-11H2,1-5H3,(H2,18,19,21);1H. The Morgan fingerprint density at radius 3 is 2.70 bits per heavy atom. The third-order valence-corrected chi connectivity index (χ3v) is 4.30. The van der Waals surface area contributed by atoms with Gasteiger partial charge in [-0.05, 0) is 38.8 Å². The molecule has 1 aliphatic rings. The molecule has 1 aromatic rings. The number of hydrogen-bond acceptors (Lipinski definition) is 3. The molecule has 23 heavy (non-hydrogen) atoms. The Morgan fingerprint density at radius 1 is 1.39 bits per heavy atom. The van der Waals surface area contributed by atoms with Gasteiger partial charge in [-0.1, -0.05) is 13.0 Å². The Bertz CT molecular complexity index is 517. The topological polar surface area (TPSA) is 52.6 Å². The first-order chi connectivity index (χ1) is 10.5. The minimum atomic E-state index is 0. The molecule has 1 fully saturated rings. The van der Waals surface area contributed by atoms with E-state index in [9.17, 15) is 0 Å². The van der Waals surface area contributed by atoms with Crippen molar-refractivity contribution in [1.82, 2.24) is 20.5 Å². The number of aliphatic imine (C=N–C) groups is 1. The van der Waals surface area contributed by atoms with Gasteiger partial charge in [-0.2, -0.15) is 0 Å². The van der Waals surface area contributed by atoms with Crippen LogP contribution in [-0.4, -0.2) is 48.1 Å². The zero-order chi connectivity index (χ0) is 16.1. The molecule has 5 nitrogen and oxygen atoms in total. The molecule has 2 atom stereocenters. The average molecular weight is 431 g/mol. The second-order valence-electron chi connectivity index (χ2n) is 6.47. The zero-order valence-electron chi connectivity index (χ0n) is 14.8. The van der Waals surface area contributed by atoms with Gasteiger partial charge in [-0.25, -0.2) is 0 Å². The second-order valence-corrected chi connectivity index (χ2v) is 6.47. The van der Waals surface area contributed by atoms with Crippen molar-refractivity contribution >= 4 is 29.9 Å². The van der Waals surface area contributed by atoms with Crippen LogP contribution in [0.2, 0.25) is 0 Å². The third kappa shape index (κ3) is 5.91. The van der Waals surface area contributed by atoms with E-state index in [1.165, 1.54) is 0 Å². The van der Waals surface area contributed by atoms with E-state index < -0.39 is 0 Å². The number of hydrogen-bond donors (Lipinski definition) is 2. The molecule has 2 rings (SSSR count). The van der Waals surface area contributed by atoms with Gasteiger partial charge in [0, 0.05) is 37.9 Å². The molecule has 0 amide bonds. The monoisotopic (exact) mass is 431 g/mol. The Labute approximate surface area is 157 Å². The van der Waals surface area contributed by atoms with Gasteiger partial charge in [0.05, 0.1) is 12.2 Å². The molecule has 0 bridgehead atoms. The summed E-state index contributed by atoms with van der Waals surface area (Å²) in [4.78, 5) is 11.4. The molecule has 2 N–H and O–H groups in total. The molecule has 1 aromatic heterocycles. The smallest absolute Gasteiger partial charge is 0.191 e. The summed E-state index contributed by atoms with van der Waals surface area (Å²) in [5.74, 6) is 1.48. The fourth-order valence-electron chi connectivity index (χ4n) is 2.86. The van der Waals surface area contributed by atoms with Crippen LogP contribution in [0, 0.1) is 12.8 Å². The molecule has 6 heteroatoms. The normalized spacial score (nSPS) is 22.1. The maximum Gasteiger partial charge on any atom is 0.191 e. The molecular formula is C17H30IN5. The van der Waals surface area contributed by atoms with Crippen LogP contribution in [0.25, 0.3) is 0 Å². The van der Waals surface area contributed by atoms with Crippen LogP contribution in [0.1, 0.15) is 32.2 Å². The number of likely N-dealkylation sites (tertiary alicyclic amines) is 1. The number of aryl methyl sites for hydroxylation is 1. The molecule has 1 saturated heterocycles. The van der Waals surface area contributed by atoms with Crippen LogP contribution >= 0.6 is 24.0 Å². The second kappa shape index (κ2) is 9.42. The molecule has 0 saturated carbocycles. The number of pyridine rings is 1. The highest BCUT2D eigenvalue weighted by atomic mass is 127. The fourth-order valence-corrected chi connectivity index (χ4v) is 2.86. The van der Waals surface area contributed by atoms with Gasteiger partial charge < -0.3 is 10.6 Å². The summed E-state index contributed by atoms with van der Waals surface area (Å²) in [6, 6.07) is 7.12. The molecule has 0 aromatic carbocycles. The Balaban J connectivity index is 0.00000264. The number of halogens is 1. The summed E-state index contributed by atoms with van der Waals surface area (Å²) < 4.78 is 0. The van der Waals surface area contributed by atoms with Crippen molar-refractivity contribution in [3.63, 3.8) is 0 Å². The van der Waals surface area contributed by atoms with E-state index in [0.717, 1.165) is 30.4 Å². The Morgan fingerprint density at radius 2 is 2.13 bits per heavy atom. The Kier molecular flexibility index (Phi) is 8.25. The van der Waals surface area contributed by atoms with Gasteiger partial charge in [-0.3, -0.25) is 14.9 Å². The fraction of sp³-hybridized carbons (Fsp3) is 0.647. The van der Waals surface area contributed by atoms with Crippen molar-refractivity contribution in [2.45, 2.75) is 46.3 Å². The SMILES string of the molecule is CN=C(NCc1cccc(C)n1)NC1CN(C(C)C)CC1C.I. The van der Waals surface area contributed by atoms with Crippen LogP contribution in [0.5, 0.6) is 0 Å². The molecule has 0 spiro atoms. The summed E-state index contributed by atoms with van der Waals surface area (Å²) >= 11 is 0. The van der Waals surface area contributed by atoms with Crippen LogP contribution in [0.4, 0.5) is 0 Å². The van der Waals surface area contributed by atoms with Gasteiger partial charge in [0.15, 0.2) is 5.96 Å². The van der Waals surface area contributed by atoms with Crippen LogP contribution in [0.3, 0.4) is 0 Å². The average Bonchev–Trinajstić information content (AvgIpc) is 2.85. The van der Waals surface area contributed by atoms with E-state index in [-0.39, 0.29) is 24.0 Å². The highest BCUT2D eigenvalue weighted by Gasteiger charge is 2.31. The number of aromatic nitrogens is 1. The number of nitrogens with zero attached hydrogens (tertiary/aromatic N) is 3. The lowest BCUT2D eigenvalue weighted by Crippen LogP contribution is -2.46. The van der Waals surface area contributed by atoms with Crippen molar-refractivity contribution in [3.05, 3.63) is 29.6 Å². The third-order valence-electron chi connectivity index (χ3n) is 4.30. The molecule has 0 aliphatic carbocycles.